The molecule has 0 fully saturated rings. The van der Waals surface area contributed by atoms with Gasteiger partial charge in [0, 0.05) is 23.2 Å². The number of aromatic nitrogens is 3. The van der Waals surface area contributed by atoms with Crippen molar-refractivity contribution < 1.29 is 4.74 Å². The van der Waals surface area contributed by atoms with Gasteiger partial charge in [-0.2, -0.15) is 0 Å². The number of fused-ring (bicyclic) bond motifs is 2. The molecule has 5 rings (SSSR count). The average Bonchev–Trinajstić information content (AvgIpc) is 3.21. The number of hydrogen-bond donors (Lipinski definition) is 1. The summed E-state index contributed by atoms with van der Waals surface area (Å²) in [6.45, 7) is 4.57. The second-order valence-electron chi connectivity index (χ2n) is 7.39. The van der Waals surface area contributed by atoms with Gasteiger partial charge in [0.1, 0.15) is 21.9 Å². The summed E-state index contributed by atoms with van der Waals surface area (Å²) >= 11 is 5.97. The molecule has 32 heavy (non-hydrogen) atoms. The molecule has 0 aliphatic rings. The lowest BCUT2D eigenvalue weighted by Gasteiger charge is -2.14. The van der Waals surface area contributed by atoms with Gasteiger partial charge in [0.25, 0.3) is 0 Å². The molecule has 2 aromatic heterocycles. The van der Waals surface area contributed by atoms with E-state index in [9.17, 15) is 0 Å². The first-order chi connectivity index (χ1) is 15.7. The van der Waals surface area contributed by atoms with E-state index in [4.69, 9.17) is 21.9 Å². The second-order valence-corrected chi connectivity index (χ2v) is 7.77. The molecule has 158 valence electrons. The van der Waals surface area contributed by atoms with Gasteiger partial charge in [-0.3, -0.25) is 4.40 Å². The van der Waals surface area contributed by atoms with Crippen LogP contribution in [-0.2, 0) is 6.54 Å². The molecule has 3 aromatic carbocycles. The number of benzene rings is 3. The lowest BCUT2D eigenvalue weighted by Crippen LogP contribution is -2.07. The van der Waals surface area contributed by atoms with Crippen LogP contribution in [0.15, 0.2) is 91.5 Å². The fourth-order valence-electron chi connectivity index (χ4n) is 3.93. The number of anilines is 2. The highest BCUT2D eigenvalue weighted by atomic mass is 32.1. The number of hydrogen-bond acceptors (Lipinski definition) is 4. The predicted molar refractivity (Wildman–Crippen MR) is 133 cm³/mol. The Morgan fingerprint density at radius 3 is 2.44 bits per heavy atom. The van der Waals surface area contributed by atoms with Gasteiger partial charge in [-0.1, -0.05) is 48.6 Å². The Bertz CT molecular complexity index is 1480. The lowest BCUT2D eigenvalue weighted by molar-refractivity contribution is 0.415. The molecule has 0 spiro atoms. The van der Waals surface area contributed by atoms with Gasteiger partial charge in [0.15, 0.2) is 0 Å². The zero-order valence-corrected chi connectivity index (χ0v) is 18.5. The standard InChI is InChI=1S/C26H22N4OS/c1-3-17-29-22-12-8-7-11-21(22)25(32)30-24(27-19-9-5-4-6-10-19)23(28-26(29)30)18-13-15-20(31-2)16-14-18/h3-16,27H,1,17H2,2H3. The molecule has 0 aliphatic heterocycles. The summed E-state index contributed by atoms with van der Waals surface area (Å²) in [5.74, 6) is 2.38. The van der Waals surface area contributed by atoms with Crippen molar-refractivity contribution in [2.75, 3.05) is 12.4 Å². The molecule has 6 heteroatoms. The molecule has 1 N–H and O–H groups in total. The van der Waals surface area contributed by atoms with Crippen LogP contribution >= 0.6 is 12.2 Å². The SMILES string of the molecule is C=CCn1c2ccccc2c(=S)n2c(Nc3ccccc3)c(-c3ccc(OC)cc3)nc12. The predicted octanol–water partition coefficient (Wildman–Crippen LogP) is 6.62. The molecule has 0 radical (unpaired) electrons. The minimum Gasteiger partial charge on any atom is -0.497 e. The quantitative estimate of drug-likeness (QED) is 0.239. The molecule has 2 heterocycles. The third-order valence-electron chi connectivity index (χ3n) is 5.44. The van der Waals surface area contributed by atoms with Crippen LogP contribution in [0.25, 0.3) is 27.9 Å². The van der Waals surface area contributed by atoms with Crippen molar-refractivity contribution in [3.05, 3.63) is 96.2 Å². The van der Waals surface area contributed by atoms with Crippen LogP contribution in [0.4, 0.5) is 11.5 Å². The summed E-state index contributed by atoms with van der Waals surface area (Å²) in [5.41, 5.74) is 3.77. The van der Waals surface area contributed by atoms with E-state index in [0.717, 1.165) is 45.2 Å². The summed E-state index contributed by atoms with van der Waals surface area (Å²) in [6, 6.07) is 26.1. The number of para-hydroxylation sites is 2. The van der Waals surface area contributed by atoms with Crippen LogP contribution in [0, 0.1) is 4.64 Å². The zero-order chi connectivity index (χ0) is 22.1. The number of rotatable bonds is 6. The fraction of sp³-hybridized carbons (Fsp3) is 0.0769. The minimum atomic E-state index is 0.615. The Morgan fingerprint density at radius 2 is 1.72 bits per heavy atom. The maximum Gasteiger partial charge on any atom is 0.218 e. The molecule has 5 aromatic rings. The molecular formula is C26H22N4OS. The summed E-state index contributed by atoms with van der Waals surface area (Å²) in [6.07, 6.45) is 1.88. The Morgan fingerprint density at radius 1 is 1.00 bits per heavy atom. The summed E-state index contributed by atoms with van der Waals surface area (Å²) in [4.78, 5) is 5.07. The molecule has 0 saturated heterocycles. The van der Waals surface area contributed by atoms with Crippen LogP contribution in [0.2, 0.25) is 0 Å². The monoisotopic (exact) mass is 438 g/mol. The molecule has 0 unspecified atom stereocenters. The van der Waals surface area contributed by atoms with Crippen LogP contribution in [0.1, 0.15) is 0 Å². The van der Waals surface area contributed by atoms with E-state index in [-0.39, 0.29) is 0 Å². The number of allylic oxidation sites excluding steroid dienone is 1. The Hall–Kier alpha value is -3.90. The van der Waals surface area contributed by atoms with Crippen molar-refractivity contribution in [1.29, 1.82) is 0 Å². The van der Waals surface area contributed by atoms with Crippen LogP contribution in [-0.4, -0.2) is 21.1 Å². The summed E-state index contributed by atoms with van der Waals surface area (Å²) in [5, 5.41) is 4.55. The first-order valence-electron chi connectivity index (χ1n) is 10.3. The van der Waals surface area contributed by atoms with E-state index >= 15 is 0 Å². The molecule has 0 saturated carbocycles. The van der Waals surface area contributed by atoms with Crippen LogP contribution < -0.4 is 10.1 Å². The Labute approximate surface area is 191 Å². The lowest BCUT2D eigenvalue weighted by atomic mass is 10.1. The molecule has 0 bridgehead atoms. The number of nitrogens with one attached hydrogen (secondary N) is 1. The maximum absolute atomic E-state index is 5.97. The van der Waals surface area contributed by atoms with Crippen molar-refractivity contribution >= 4 is 40.4 Å². The summed E-state index contributed by atoms with van der Waals surface area (Å²) in [7, 11) is 1.66. The van der Waals surface area contributed by atoms with Crippen molar-refractivity contribution in [3.63, 3.8) is 0 Å². The van der Waals surface area contributed by atoms with E-state index in [1.165, 1.54) is 0 Å². The normalized spacial score (nSPS) is 11.0. The van der Waals surface area contributed by atoms with Crippen molar-refractivity contribution in [3.8, 4) is 17.0 Å². The van der Waals surface area contributed by atoms with E-state index in [2.05, 4.69) is 28.6 Å². The van der Waals surface area contributed by atoms with E-state index in [1.54, 1.807) is 7.11 Å². The number of imidazole rings is 1. The summed E-state index contributed by atoms with van der Waals surface area (Å²) < 4.78 is 10.2. The van der Waals surface area contributed by atoms with Gasteiger partial charge in [-0.05, 0) is 48.5 Å². The molecule has 5 nitrogen and oxygen atoms in total. The molecular weight excluding hydrogens is 416 g/mol. The van der Waals surface area contributed by atoms with E-state index < -0.39 is 0 Å². The zero-order valence-electron chi connectivity index (χ0n) is 17.7. The van der Waals surface area contributed by atoms with Crippen LogP contribution in [0.5, 0.6) is 5.75 Å². The minimum absolute atomic E-state index is 0.615. The molecule has 0 atom stereocenters. The second kappa shape index (κ2) is 8.32. The molecule has 0 amide bonds. The number of methoxy groups -OCH3 is 1. The van der Waals surface area contributed by atoms with Gasteiger partial charge in [0.05, 0.1) is 12.6 Å². The average molecular weight is 439 g/mol. The first kappa shape index (κ1) is 20.0. The smallest absolute Gasteiger partial charge is 0.218 e. The van der Waals surface area contributed by atoms with Crippen molar-refractivity contribution in [2.45, 2.75) is 6.54 Å². The maximum atomic E-state index is 5.97. The van der Waals surface area contributed by atoms with Gasteiger partial charge in [0.2, 0.25) is 5.78 Å². The highest BCUT2D eigenvalue weighted by molar-refractivity contribution is 7.71. The van der Waals surface area contributed by atoms with Gasteiger partial charge < -0.3 is 14.6 Å². The topological polar surface area (TPSA) is 43.5 Å². The largest absolute Gasteiger partial charge is 0.497 e. The highest BCUT2D eigenvalue weighted by Gasteiger charge is 2.19. The third kappa shape index (κ3) is 3.35. The van der Waals surface area contributed by atoms with Crippen molar-refractivity contribution in [1.82, 2.24) is 14.0 Å². The van der Waals surface area contributed by atoms with Crippen LogP contribution in [0.3, 0.4) is 0 Å². The van der Waals surface area contributed by atoms with Gasteiger partial charge in [-0.25, -0.2) is 4.98 Å². The Balaban J connectivity index is 1.87. The third-order valence-corrected chi connectivity index (χ3v) is 5.84. The number of nitrogens with zero attached hydrogens (tertiary/aromatic N) is 3. The highest BCUT2D eigenvalue weighted by Crippen LogP contribution is 2.34. The van der Waals surface area contributed by atoms with Gasteiger partial charge >= 0.3 is 0 Å². The van der Waals surface area contributed by atoms with Gasteiger partial charge in [-0.15, -0.1) is 6.58 Å². The number of ether oxygens (including phenoxy) is 1. The molecule has 0 aliphatic carbocycles. The van der Waals surface area contributed by atoms with E-state index in [1.807, 2.05) is 77.2 Å². The van der Waals surface area contributed by atoms with Crippen molar-refractivity contribution in [2.24, 2.45) is 0 Å². The fourth-order valence-corrected chi connectivity index (χ4v) is 4.28. The first-order valence-corrected chi connectivity index (χ1v) is 10.7. The van der Waals surface area contributed by atoms with E-state index in [0.29, 0.717) is 11.2 Å². The Kier molecular flexibility index (Phi) is 5.21.